The van der Waals surface area contributed by atoms with Gasteiger partial charge in [0, 0.05) is 19.8 Å². The van der Waals surface area contributed by atoms with Crippen LogP contribution in [-0.4, -0.2) is 28.9 Å². The van der Waals surface area contributed by atoms with Crippen LogP contribution in [-0.2, 0) is 26.3 Å². The van der Waals surface area contributed by atoms with Crippen molar-refractivity contribution in [2.75, 3.05) is 0 Å². The van der Waals surface area contributed by atoms with E-state index < -0.39 is 11.7 Å². The zero-order valence-electron chi connectivity index (χ0n) is 16.7. The molecule has 3 aromatic heterocycles. The van der Waals surface area contributed by atoms with Crippen LogP contribution in [0.2, 0.25) is 5.28 Å². The van der Waals surface area contributed by atoms with Crippen LogP contribution in [0, 0.1) is 0 Å². The minimum atomic E-state index is -4.41. The fourth-order valence-electron chi connectivity index (χ4n) is 3.43. The van der Waals surface area contributed by atoms with E-state index in [0.717, 1.165) is 18.6 Å². The number of aromatic nitrogens is 6. The molecule has 3 heterocycles. The van der Waals surface area contributed by atoms with E-state index >= 15 is 0 Å². The summed E-state index contributed by atoms with van der Waals surface area (Å²) in [5.41, 5.74) is 0.618. The molecule has 31 heavy (non-hydrogen) atoms. The average Bonchev–Trinajstić information content (AvgIpc) is 3.29. The molecule has 0 N–H and O–H groups in total. The summed E-state index contributed by atoms with van der Waals surface area (Å²) < 4.78 is 43.4. The van der Waals surface area contributed by atoms with Crippen LogP contribution < -0.4 is 5.56 Å². The van der Waals surface area contributed by atoms with Crippen molar-refractivity contribution in [1.29, 1.82) is 0 Å². The molecule has 0 aliphatic heterocycles. The number of hydrogen-bond donors (Lipinski definition) is 0. The molecule has 0 saturated carbocycles. The Bertz CT molecular complexity index is 1320. The fourth-order valence-corrected chi connectivity index (χ4v) is 3.68. The lowest BCUT2D eigenvalue weighted by atomic mass is 10.1. The molecule has 11 heteroatoms. The summed E-state index contributed by atoms with van der Waals surface area (Å²) in [6.45, 7) is 2.53. The lowest BCUT2D eigenvalue weighted by Crippen LogP contribution is -2.23. The quantitative estimate of drug-likeness (QED) is 0.429. The molecule has 0 unspecified atom stereocenters. The highest BCUT2D eigenvalue weighted by Crippen LogP contribution is 2.30. The second kappa shape index (κ2) is 7.84. The fraction of sp³-hybridized carbons (Fsp3) is 0.300. The van der Waals surface area contributed by atoms with Gasteiger partial charge in [0.15, 0.2) is 11.2 Å². The van der Waals surface area contributed by atoms with Crippen LogP contribution in [0.4, 0.5) is 13.2 Å². The SMILES string of the molecule is CCCn1c(Cl)nc2nc(-c3cnn(Cc4cccc(C(F)(F)F)c4)c3)n(C)c2c1=O. The van der Waals surface area contributed by atoms with Crippen LogP contribution in [0.15, 0.2) is 41.5 Å². The topological polar surface area (TPSA) is 70.5 Å². The zero-order valence-corrected chi connectivity index (χ0v) is 17.4. The minimum absolute atomic E-state index is 0.0734. The van der Waals surface area contributed by atoms with Crippen molar-refractivity contribution in [2.24, 2.45) is 7.05 Å². The molecule has 4 aromatic rings. The maximum Gasteiger partial charge on any atom is 0.416 e. The van der Waals surface area contributed by atoms with Gasteiger partial charge in [-0.3, -0.25) is 14.0 Å². The van der Waals surface area contributed by atoms with Gasteiger partial charge in [0.2, 0.25) is 5.28 Å². The van der Waals surface area contributed by atoms with Crippen molar-refractivity contribution < 1.29 is 13.2 Å². The van der Waals surface area contributed by atoms with Crippen LogP contribution in [0.5, 0.6) is 0 Å². The number of imidazole rings is 1. The smallest absolute Gasteiger partial charge is 0.321 e. The van der Waals surface area contributed by atoms with Crippen LogP contribution in [0.25, 0.3) is 22.6 Å². The molecule has 0 saturated heterocycles. The third-order valence-corrected chi connectivity index (χ3v) is 5.17. The summed E-state index contributed by atoms with van der Waals surface area (Å²) in [4.78, 5) is 21.5. The Labute approximate surface area is 179 Å². The van der Waals surface area contributed by atoms with E-state index in [1.54, 1.807) is 30.1 Å². The van der Waals surface area contributed by atoms with E-state index in [1.165, 1.54) is 15.3 Å². The molecule has 1 aromatic carbocycles. The molecule has 0 radical (unpaired) electrons. The van der Waals surface area contributed by atoms with Crippen molar-refractivity contribution in [2.45, 2.75) is 32.6 Å². The molecular formula is C20H18ClF3N6O. The molecule has 7 nitrogen and oxygen atoms in total. The number of benzene rings is 1. The molecule has 0 spiro atoms. The first-order valence-corrected chi connectivity index (χ1v) is 9.88. The summed E-state index contributed by atoms with van der Waals surface area (Å²) in [5, 5.41) is 4.30. The summed E-state index contributed by atoms with van der Waals surface area (Å²) in [6, 6.07) is 5.10. The third-order valence-electron chi connectivity index (χ3n) is 4.88. The van der Waals surface area contributed by atoms with E-state index in [0.29, 0.717) is 29.0 Å². The van der Waals surface area contributed by atoms with Gasteiger partial charge in [-0.1, -0.05) is 19.1 Å². The maximum atomic E-state index is 12.9. The Balaban J connectivity index is 1.69. The summed E-state index contributed by atoms with van der Waals surface area (Å²) in [6.07, 6.45) is -0.480. The second-order valence-corrected chi connectivity index (χ2v) is 7.47. The molecule has 0 fully saturated rings. The van der Waals surface area contributed by atoms with Crippen molar-refractivity contribution in [3.05, 3.63) is 63.4 Å². The maximum absolute atomic E-state index is 12.9. The predicted octanol–water partition coefficient (Wildman–Crippen LogP) is 4.12. The first-order valence-electron chi connectivity index (χ1n) is 9.50. The van der Waals surface area contributed by atoms with Gasteiger partial charge in [-0.2, -0.15) is 23.3 Å². The zero-order chi connectivity index (χ0) is 22.3. The van der Waals surface area contributed by atoms with E-state index in [1.807, 2.05) is 6.92 Å². The first-order chi connectivity index (χ1) is 14.7. The number of hydrogen-bond acceptors (Lipinski definition) is 4. The Hall–Kier alpha value is -3.14. The van der Waals surface area contributed by atoms with Crippen LogP contribution >= 0.6 is 11.6 Å². The Morgan fingerprint density at radius 2 is 1.97 bits per heavy atom. The Morgan fingerprint density at radius 3 is 2.68 bits per heavy atom. The molecule has 162 valence electrons. The number of rotatable bonds is 5. The van der Waals surface area contributed by atoms with Gasteiger partial charge in [0.25, 0.3) is 5.56 Å². The number of aryl methyl sites for hydroxylation is 1. The number of alkyl halides is 3. The predicted molar refractivity (Wildman–Crippen MR) is 110 cm³/mol. The van der Waals surface area contributed by atoms with Crippen molar-refractivity contribution in [1.82, 2.24) is 28.9 Å². The molecular weight excluding hydrogens is 433 g/mol. The highest BCUT2D eigenvalue weighted by molar-refractivity contribution is 6.28. The largest absolute Gasteiger partial charge is 0.416 e. The van der Waals surface area contributed by atoms with Crippen molar-refractivity contribution >= 4 is 22.8 Å². The van der Waals surface area contributed by atoms with Gasteiger partial charge in [-0.15, -0.1) is 0 Å². The van der Waals surface area contributed by atoms with Gasteiger partial charge in [-0.05, 0) is 35.7 Å². The van der Waals surface area contributed by atoms with E-state index in [4.69, 9.17) is 11.6 Å². The summed E-state index contributed by atoms with van der Waals surface area (Å²) in [5.74, 6) is 0.459. The summed E-state index contributed by atoms with van der Waals surface area (Å²) >= 11 is 6.14. The molecule has 0 atom stereocenters. The number of halogens is 4. The van der Waals surface area contributed by atoms with Gasteiger partial charge >= 0.3 is 6.18 Å². The summed E-state index contributed by atoms with van der Waals surface area (Å²) in [7, 11) is 1.70. The minimum Gasteiger partial charge on any atom is -0.321 e. The van der Waals surface area contributed by atoms with E-state index in [9.17, 15) is 18.0 Å². The molecule has 0 amide bonds. The Kier molecular flexibility index (Phi) is 5.34. The van der Waals surface area contributed by atoms with Crippen LogP contribution in [0.3, 0.4) is 0 Å². The van der Waals surface area contributed by atoms with Crippen LogP contribution in [0.1, 0.15) is 24.5 Å². The molecule has 0 bridgehead atoms. The van der Waals surface area contributed by atoms with Gasteiger partial charge in [-0.25, -0.2) is 4.98 Å². The third kappa shape index (κ3) is 3.95. The number of nitrogens with zero attached hydrogens (tertiary/aromatic N) is 6. The molecule has 0 aliphatic rings. The normalized spacial score (nSPS) is 12.1. The average molecular weight is 451 g/mol. The van der Waals surface area contributed by atoms with Gasteiger partial charge in [0.05, 0.1) is 23.9 Å². The lowest BCUT2D eigenvalue weighted by molar-refractivity contribution is -0.137. The van der Waals surface area contributed by atoms with E-state index in [-0.39, 0.29) is 23.0 Å². The lowest BCUT2D eigenvalue weighted by Gasteiger charge is -2.08. The Morgan fingerprint density at radius 1 is 1.19 bits per heavy atom. The monoisotopic (exact) mass is 450 g/mol. The van der Waals surface area contributed by atoms with Crippen molar-refractivity contribution in [3.8, 4) is 11.4 Å². The van der Waals surface area contributed by atoms with Crippen molar-refractivity contribution in [3.63, 3.8) is 0 Å². The standard InChI is InChI=1S/C20H18ClF3N6O/c1-3-7-30-18(31)15-16(27-19(30)21)26-17(28(15)2)13-9-25-29(11-13)10-12-5-4-6-14(8-12)20(22,23)24/h4-6,8-9,11H,3,7,10H2,1-2H3. The number of fused-ring (bicyclic) bond motifs is 1. The van der Waals surface area contributed by atoms with E-state index in [2.05, 4.69) is 15.1 Å². The second-order valence-electron chi connectivity index (χ2n) is 7.13. The first kappa shape index (κ1) is 21.1. The van der Waals surface area contributed by atoms with Gasteiger partial charge in [0.1, 0.15) is 5.82 Å². The molecule has 4 rings (SSSR count). The van der Waals surface area contributed by atoms with Gasteiger partial charge < -0.3 is 4.57 Å². The highest BCUT2D eigenvalue weighted by Gasteiger charge is 2.30. The molecule has 0 aliphatic carbocycles. The highest BCUT2D eigenvalue weighted by atomic mass is 35.5.